The molecule has 4 heterocycles. The second-order valence-corrected chi connectivity index (χ2v) is 8.21. The third-order valence-electron chi connectivity index (χ3n) is 6.28. The van der Waals surface area contributed by atoms with E-state index in [9.17, 15) is 0 Å². The Hall–Kier alpha value is -2.80. The first-order valence-corrected chi connectivity index (χ1v) is 10.4. The van der Waals surface area contributed by atoms with Crippen LogP contribution in [0.2, 0.25) is 0 Å². The average molecular weight is 389 g/mol. The highest BCUT2D eigenvalue weighted by Crippen LogP contribution is 2.43. The second kappa shape index (κ2) is 6.62. The van der Waals surface area contributed by atoms with Gasteiger partial charge in [0.1, 0.15) is 5.60 Å². The minimum absolute atomic E-state index is 0.351. The van der Waals surface area contributed by atoms with Crippen molar-refractivity contribution in [2.45, 2.75) is 43.6 Å². The number of nitrogens with zero attached hydrogens (tertiary/aromatic N) is 5. The minimum atomic E-state index is -0.351. The van der Waals surface area contributed by atoms with E-state index in [1.807, 2.05) is 36.5 Å². The molecule has 1 saturated carbocycles. The molecule has 0 N–H and O–H groups in total. The normalized spacial score (nSPS) is 20.6. The third-order valence-corrected chi connectivity index (χ3v) is 6.28. The van der Waals surface area contributed by atoms with Crippen LogP contribution in [-0.2, 0) is 16.8 Å². The number of fused-ring (bicyclic) bond motifs is 2. The molecule has 0 bridgehead atoms. The van der Waals surface area contributed by atoms with Gasteiger partial charge in [-0.1, -0.05) is 35.4 Å². The molecule has 0 amide bonds. The molecular weight excluding hydrogens is 366 g/mol. The van der Waals surface area contributed by atoms with Gasteiger partial charge in [-0.3, -0.25) is 0 Å². The van der Waals surface area contributed by atoms with Crippen LogP contribution in [0, 0.1) is 0 Å². The zero-order valence-corrected chi connectivity index (χ0v) is 16.3. The molecule has 1 aliphatic carbocycles. The topological polar surface area (TPSA) is 77.2 Å². The van der Waals surface area contributed by atoms with Gasteiger partial charge in [-0.2, -0.15) is 0 Å². The Morgan fingerprint density at radius 2 is 1.86 bits per heavy atom. The molecule has 0 unspecified atom stereocenters. The number of aromatic nitrogens is 4. The van der Waals surface area contributed by atoms with Gasteiger partial charge >= 0.3 is 6.01 Å². The van der Waals surface area contributed by atoms with Crippen molar-refractivity contribution in [2.24, 2.45) is 0 Å². The van der Waals surface area contributed by atoms with Crippen LogP contribution in [0.4, 0.5) is 6.01 Å². The van der Waals surface area contributed by atoms with Gasteiger partial charge in [-0.15, -0.1) is 5.10 Å². The lowest BCUT2D eigenvalue weighted by atomic mass is 9.83. The number of ether oxygens (including phenoxy) is 1. The first-order valence-electron chi connectivity index (χ1n) is 10.4. The lowest BCUT2D eigenvalue weighted by molar-refractivity contribution is -0.0804. The van der Waals surface area contributed by atoms with Gasteiger partial charge < -0.3 is 14.1 Å². The van der Waals surface area contributed by atoms with Crippen molar-refractivity contribution in [1.29, 1.82) is 0 Å². The Kier molecular flexibility index (Phi) is 3.90. The molecule has 1 saturated heterocycles. The van der Waals surface area contributed by atoms with Gasteiger partial charge in [0.05, 0.1) is 12.3 Å². The van der Waals surface area contributed by atoms with Gasteiger partial charge in [0.25, 0.3) is 0 Å². The standard InChI is InChI=1S/C22H23N5O2/c1-2-4-15(5-3-1)19-23-14-17-8-13-28-22(18(17)24-19)9-11-27(12-10-22)21-26-25-20(29-21)16-6-7-16/h1-5,14,16H,6-13H2. The second-order valence-electron chi connectivity index (χ2n) is 8.21. The number of hydrogen-bond acceptors (Lipinski definition) is 7. The molecule has 0 atom stereocenters. The van der Waals surface area contributed by atoms with E-state index in [0.29, 0.717) is 18.5 Å². The predicted octanol–water partition coefficient (Wildman–Crippen LogP) is 3.47. The summed E-state index contributed by atoms with van der Waals surface area (Å²) in [4.78, 5) is 11.8. The summed E-state index contributed by atoms with van der Waals surface area (Å²) < 4.78 is 12.3. The number of hydrogen-bond donors (Lipinski definition) is 0. The van der Waals surface area contributed by atoms with E-state index in [4.69, 9.17) is 14.1 Å². The fourth-order valence-electron chi connectivity index (χ4n) is 4.43. The van der Waals surface area contributed by atoms with E-state index in [0.717, 1.165) is 55.3 Å². The number of piperidine rings is 1. The highest BCUT2D eigenvalue weighted by Gasteiger charge is 2.43. The molecule has 2 aliphatic heterocycles. The van der Waals surface area contributed by atoms with Gasteiger partial charge in [0.15, 0.2) is 5.82 Å². The average Bonchev–Trinajstić information content (AvgIpc) is 3.52. The molecule has 1 spiro atoms. The summed E-state index contributed by atoms with van der Waals surface area (Å²) in [5, 5.41) is 8.50. The van der Waals surface area contributed by atoms with Crippen LogP contribution in [-0.4, -0.2) is 39.9 Å². The highest BCUT2D eigenvalue weighted by molar-refractivity contribution is 5.55. The van der Waals surface area contributed by atoms with Crippen LogP contribution in [0.5, 0.6) is 0 Å². The maximum atomic E-state index is 6.38. The van der Waals surface area contributed by atoms with Crippen molar-refractivity contribution in [3.05, 3.63) is 53.7 Å². The highest BCUT2D eigenvalue weighted by atomic mass is 16.5. The molecule has 2 aromatic heterocycles. The maximum Gasteiger partial charge on any atom is 0.318 e. The molecule has 7 nitrogen and oxygen atoms in total. The van der Waals surface area contributed by atoms with E-state index in [-0.39, 0.29) is 5.60 Å². The number of rotatable bonds is 3. The van der Waals surface area contributed by atoms with E-state index < -0.39 is 0 Å². The van der Waals surface area contributed by atoms with Crippen molar-refractivity contribution in [3.8, 4) is 11.4 Å². The van der Waals surface area contributed by atoms with Crippen LogP contribution in [0.1, 0.15) is 48.7 Å². The Labute approximate surface area is 169 Å². The third kappa shape index (κ3) is 3.00. The first kappa shape index (κ1) is 17.1. The van der Waals surface area contributed by atoms with Crippen LogP contribution in [0.15, 0.2) is 40.9 Å². The summed E-state index contributed by atoms with van der Waals surface area (Å²) >= 11 is 0. The SMILES string of the molecule is c1ccc(-c2ncc3c(n2)C2(CCN(c4nnc(C5CC5)o4)CC2)OCC3)cc1. The summed E-state index contributed by atoms with van der Waals surface area (Å²) in [5.41, 5.74) is 2.95. The molecule has 148 valence electrons. The molecule has 29 heavy (non-hydrogen) atoms. The predicted molar refractivity (Wildman–Crippen MR) is 107 cm³/mol. The Balaban J connectivity index is 1.27. The lowest BCUT2D eigenvalue weighted by Gasteiger charge is -2.43. The van der Waals surface area contributed by atoms with Gasteiger partial charge in [0.2, 0.25) is 5.89 Å². The van der Waals surface area contributed by atoms with Gasteiger partial charge in [0, 0.05) is 30.8 Å². The van der Waals surface area contributed by atoms with Crippen LogP contribution < -0.4 is 4.90 Å². The van der Waals surface area contributed by atoms with E-state index in [2.05, 4.69) is 20.1 Å². The van der Waals surface area contributed by atoms with Crippen molar-refractivity contribution < 1.29 is 9.15 Å². The molecule has 1 aromatic carbocycles. The van der Waals surface area contributed by atoms with E-state index >= 15 is 0 Å². The van der Waals surface area contributed by atoms with Crippen LogP contribution in [0.25, 0.3) is 11.4 Å². The number of benzene rings is 1. The molecular formula is C22H23N5O2. The maximum absolute atomic E-state index is 6.38. The Morgan fingerprint density at radius 1 is 1.03 bits per heavy atom. The van der Waals surface area contributed by atoms with Gasteiger partial charge in [-0.25, -0.2) is 9.97 Å². The Morgan fingerprint density at radius 3 is 2.66 bits per heavy atom. The van der Waals surface area contributed by atoms with Crippen molar-refractivity contribution >= 4 is 6.01 Å². The fraction of sp³-hybridized carbons (Fsp3) is 0.455. The van der Waals surface area contributed by atoms with E-state index in [1.54, 1.807) is 0 Å². The van der Waals surface area contributed by atoms with Crippen LogP contribution in [0.3, 0.4) is 0 Å². The smallest absolute Gasteiger partial charge is 0.318 e. The van der Waals surface area contributed by atoms with Crippen molar-refractivity contribution in [3.63, 3.8) is 0 Å². The quantitative estimate of drug-likeness (QED) is 0.679. The zero-order chi connectivity index (χ0) is 19.3. The first-order chi connectivity index (χ1) is 14.3. The Bertz CT molecular complexity index is 1020. The molecule has 2 fully saturated rings. The van der Waals surface area contributed by atoms with Crippen molar-refractivity contribution in [1.82, 2.24) is 20.2 Å². The minimum Gasteiger partial charge on any atom is -0.408 e. The molecule has 7 heteroatoms. The zero-order valence-electron chi connectivity index (χ0n) is 16.3. The van der Waals surface area contributed by atoms with E-state index in [1.165, 1.54) is 18.4 Å². The summed E-state index contributed by atoms with van der Waals surface area (Å²) in [7, 11) is 0. The van der Waals surface area contributed by atoms with Crippen molar-refractivity contribution in [2.75, 3.05) is 24.6 Å². The monoisotopic (exact) mass is 389 g/mol. The molecule has 6 rings (SSSR count). The summed E-state index contributed by atoms with van der Waals surface area (Å²) in [6.07, 6.45) is 6.89. The fourth-order valence-corrected chi connectivity index (χ4v) is 4.43. The van der Waals surface area contributed by atoms with Gasteiger partial charge in [-0.05, 0) is 37.7 Å². The molecule has 3 aromatic rings. The summed E-state index contributed by atoms with van der Waals surface area (Å²) in [6.45, 7) is 2.35. The van der Waals surface area contributed by atoms with Crippen LogP contribution >= 0.6 is 0 Å². The number of anilines is 1. The molecule has 0 radical (unpaired) electrons. The summed E-state index contributed by atoms with van der Waals surface area (Å²) in [6, 6.07) is 10.8. The lowest BCUT2D eigenvalue weighted by Crippen LogP contribution is -2.47. The molecule has 3 aliphatic rings. The largest absolute Gasteiger partial charge is 0.408 e. The summed E-state index contributed by atoms with van der Waals surface area (Å²) in [5.74, 6) is 2.04.